The highest BCUT2D eigenvalue weighted by atomic mass is 33.5. The maximum atomic E-state index is 11.8. The van der Waals surface area contributed by atoms with Gasteiger partial charge in [-0.2, -0.15) is 0 Å². The van der Waals surface area contributed by atoms with Crippen molar-refractivity contribution in [2.45, 2.75) is 117 Å². The van der Waals surface area contributed by atoms with Crippen LogP contribution >= 0.6 is 31.4 Å². The molecule has 160 valence electrons. The van der Waals surface area contributed by atoms with E-state index >= 15 is 0 Å². The monoisotopic (exact) mass is 434 g/mol. The van der Waals surface area contributed by atoms with E-state index in [-0.39, 0.29) is 0 Å². The zero-order valence-corrected chi connectivity index (χ0v) is 20.2. The largest absolute Gasteiger partial charge is 0.300 e. The molecule has 0 amide bonds. The predicted octanol–water partition coefficient (Wildman–Crippen LogP) is 8.44. The summed E-state index contributed by atoms with van der Waals surface area (Å²) in [6.45, 7) is 4.46. The summed E-state index contributed by atoms with van der Waals surface area (Å²) in [6.07, 6.45) is 17.8. The summed E-state index contributed by atoms with van der Waals surface area (Å²) in [5, 5.41) is 0. The van der Waals surface area contributed by atoms with E-state index in [0.717, 1.165) is 37.2 Å². The Bertz CT molecular complexity index is 316. The first-order valence-corrected chi connectivity index (χ1v) is 15.0. The molecule has 5 heteroatoms. The minimum absolute atomic E-state index is 0.415. The van der Waals surface area contributed by atoms with E-state index in [9.17, 15) is 9.59 Å². The molecule has 0 atom stereocenters. The summed E-state index contributed by atoms with van der Waals surface area (Å²) in [5.74, 6) is 2.63. The van der Waals surface area contributed by atoms with Crippen LogP contribution < -0.4 is 0 Å². The van der Waals surface area contributed by atoms with Gasteiger partial charge in [0.05, 0.1) is 0 Å². The Morgan fingerprint density at radius 3 is 1.30 bits per heavy atom. The summed E-state index contributed by atoms with van der Waals surface area (Å²) in [6, 6.07) is 0. The lowest BCUT2D eigenvalue weighted by Crippen LogP contribution is -1.99. The van der Waals surface area contributed by atoms with Gasteiger partial charge >= 0.3 is 0 Å². The Kier molecular flexibility index (Phi) is 23.0. The van der Waals surface area contributed by atoms with Gasteiger partial charge in [-0.15, -0.1) is 0 Å². The van der Waals surface area contributed by atoms with Gasteiger partial charge in [0, 0.05) is 37.2 Å². The number of Topliss-reactive ketones (excluding diaryl/α,β-unsaturated/α-hetero) is 2. The molecule has 0 heterocycles. The molecule has 0 N–H and O–H groups in total. The van der Waals surface area contributed by atoms with Gasteiger partial charge in [0.1, 0.15) is 11.6 Å². The zero-order valence-electron chi connectivity index (χ0n) is 17.8. The topological polar surface area (TPSA) is 34.1 Å². The summed E-state index contributed by atoms with van der Waals surface area (Å²) >= 11 is 0. The van der Waals surface area contributed by atoms with Gasteiger partial charge in [-0.25, -0.2) is 0 Å². The molecule has 0 radical (unpaired) electrons. The normalized spacial score (nSPS) is 11.0. The van der Waals surface area contributed by atoms with Crippen molar-refractivity contribution in [3.05, 3.63) is 0 Å². The lowest BCUT2D eigenvalue weighted by atomic mass is 10.1. The number of hydrogen-bond donors (Lipinski definition) is 0. The summed E-state index contributed by atoms with van der Waals surface area (Å²) in [4.78, 5) is 23.6. The molecule has 0 aromatic rings. The fourth-order valence-corrected chi connectivity index (χ4v) is 6.64. The molecule has 0 aliphatic heterocycles. The molecule has 0 aromatic heterocycles. The molecule has 0 aliphatic rings. The summed E-state index contributed by atoms with van der Waals surface area (Å²) in [5.41, 5.74) is 0. The molecule has 0 bridgehead atoms. The van der Waals surface area contributed by atoms with Gasteiger partial charge in [0.2, 0.25) is 0 Å². The second-order valence-electron chi connectivity index (χ2n) is 7.32. The smallest absolute Gasteiger partial charge is 0.133 e. The number of rotatable bonds is 22. The Balaban J connectivity index is 3.27. The maximum absolute atomic E-state index is 11.8. The van der Waals surface area contributed by atoms with Crippen molar-refractivity contribution in [2.75, 3.05) is 11.5 Å². The third-order valence-corrected chi connectivity index (χ3v) is 8.89. The quantitative estimate of drug-likeness (QED) is 0.126. The van der Waals surface area contributed by atoms with Crippen molar-refractivity contribution in [3.8, 4) is 0 Å². The highest BCUT2D eigenvalue weighted by molar-refractivity contribution is 9.09. The van der Waals surface area contributed by atoms with Crippen LogP contribution in [0.3, 0.4) is 0 Å². The lowest BCUT2D eigenvalue weighted by Gasteiger charge is -2.03. The second-order valence-corrected chi connectivity index (χ2v) is 11.8. The first-order chi connectivity index (χ1) is 13.2. The molecule has 0 rings (SSSR count). The summed E-state index contributed by atoms with van der Waals surface area (Å²) < 4.78 is 0. The van der Waals surface area contributed by atoms with Crippen LogP contribution in [-0.2, 0) is 9.59 Å². The van der Waals surface area contributed by atoms with Crippen molar-refractivity contribution in [2.24, 2.45) is 0 Å². The average molecular weight is 435 g/mol. The van der Waals surface area contributed by atoms with Gasteiger partial charge < -0.3 is 0 Å². The Morgan fingerprint density at radius 1 is 0.519 bits per heavy atom. The average Bonchev–Trinajstić information content (AvgIpc) is 2.66. The standard InChI is InChI=1S/C22H42O2S3/c1-3-5-7-9-11-13-15-21(23)17-19-25-27-26-20-18-22(24)16-14-12-10-8-6-4-2/h3-20H2,1-2H3. The van der Waals surface area contributed by atoms with Crippen molar-refractivity contribution in [1.82, 2.24) is 0 Å². The van der Waals surface area contributed by atoms with Gasteiger partial charge in [0.25, 0.3) is 0 Å². The lowest BCUT2D eigenvalue weighted by molar-refractivity contribution is -0.119. The Labute approximate surface area is 180 Å². The molecule has 0 saturated heterocycles. The van der Waals surface area contributed by atoms with Crippen LogP contribution in [0.1, 0.15) is 117 Å². The highest BCUT2D eigenvalue weighted by Gasteiger charge is 2.04. The van der Waals surface area contributed by atoms with E-state index in [2.05, 4.69) is 13.8 Å². The van der Waals surface area contributed by atoms with Crippen LogP contribution in [0.5, 0.6) is 0 Å². The first kappa shape index (κ1) is 27.4. The third-order valence-electron chi connectivity index (χ3n) is 4.64. The third kappa shape index (κ3) is 22.5. The Hall–Kier alpha value is 0.390. The SMILES string of the molecule is CCCCCCCCC(=O)CCSSSCCC(=O)CCCCCCCC. The molecule has 2 nitrogen and oxygen atoms in total. The molecule has 27 heavy (non-hydrogen) atoms. The van der Waals surface area contributed by atoms with Crippen LogP contribution in [0.15, 0.2) is 0 Å². The minimum Gasteiger partial charge on any atom is -0.300 e. The van der Waals surface area contributed by atoms with Crippen LogP contribution in [0, 0.1) is 0 Å². The number of unbranched alkanes of at least 4 members (excludes halogenated alkanes) is 10. The maximum Gasteiger partial charge on any atom is 0.133 e. The van der Waals surface area contributed by atoms with E-state index in [0.29, 0.717) is 24.4 Å². The van der Waals surface area contributed by atoms with E-state index in [1.807, 2.05) is 0 Å². The van der Waals surface area contributed by atoms with E-state index in [1.54, 1.807) is 31.4 Å². The van der Waals surface area contributed by atoms with Gasteiger partial charge in [-0.05, 0) is 22.7 Å². The van der Waals surface area contributed by atoms with Crippen LogP contribution in [0.4, 0.5) is 0 Å². The number of carbonyl (C=O) groups excluding carboxylic acids is 2. The van der Waals surface area contributed by atoms with E-state index in [1.165, 1.54) is 64.2 Å². The molecule has 0 spiro atoms. The molecule has 0 saturated carbocycles. The van der Waals surface area contributed by atoms with Gasteiger partial charge in [-0.3, -0.25) is 9.59 Å². The Morgan fingerprint density at radius 2 is 0.889 bits per heavy atom. The van der Waals surface area contributed by atoms with Crippen LogP contribution in [0.2, 0.25) is 0 Å². The molecular weight excluding hydrogens is 392 g/mol. The molecule has 0 aromatic carbocycles. The van der Waals surface area contributed by atoms with Gasteiger partial charge in [0.15, 0.2) is 0 Å². The number of ketones is 2. The second kappa shape index (κ2) is 22.7. The number of carbonyl (C=O) groups is 2. The minimum atomic E-state index is 0.415. The molecule has 0 unspecified atom stereocenters. The fraction of sp³-hybridized carbons (Fsp3) is 0.909. The van der Waals surface area contributed by atoms with E-state index in [4.69, 9.17) is 0 Å². The van der Waals surface area contributed by atoms with E-state index < -0.39 is 0 Å². The first-order valence-electron chi connectivity index (χ1n) is 11.1. The van der Waals surface area contributed by atoms with Crippen LogP contribution in [-0.4, -0.2) is 23.1 Å². The molecular formula is C22H42O2S3. The van der Waals surface area contributed by atoms with Crippen LogP contribution in [0.25, 0.3) is 0 Å². The van der Waals surface area contributed by atoms with Crippen molar-refractivity contribution in [3.63, 3.8) is 0 Å². The molecule has 0 fully saturated rings. The van der Waals surface area contributed by atoms with Gasteiger partial charge in [-0.1, -0.05) is 99.6 Å². The number of hydrogen-bond acceptors (Lipinski definition) is 5. The fourth-order valence-electron chi connectivity index (χ4n) is 2.87. The molecule has 0 aliphatic carbocycles. The van der Waals surface area contributed by atoms with Crippen molar-refractivity contribution < 1.29 is 9.59 Å². The summed E-state index contributed by atoms with van der Waals surface area (Å²) in [7, 11) is 5.26. The predicted molar refractivity (Wildman–Crippen MR) is 128 cm³/mol. The zero-order chi connectivity index (χ0) is 20.0. The van der Waals surface area contributed by atoms with Crippen molar-refractivity contribution >= 4 is 43.0 Å². The highest BCUT2D eigenvalue weighted by Crippen LogP contribution is 2.35. The van der Waals surface area contributed by atoms with Crippen molar-refractivity contribution in [1.29, 1.82) is 0 Å².